The molecule has 0 N–H and O–H groups in total. The van der Waals surface area contributed by atoms with Crippen molar-refractivity contribution in [1.82, 2.24) is 5.06 Å². The van der Waals surface area contributed by atoms with Gasteiger partial charge in [-0.15, -0.1) is 0 Å². The van der Waals surface area contributed by atoms with Gasteiger partial charge in [-0.2, -0.15) is 0 Å². The van der Waals surface area contributed by atoms with Crippen molar-refractivity contribution in [2.24, 2.45) is 0 Å². The van der Waals surface area contributed by atoms with Crippen molar-refractivity contribution in [3.63, 3.8) is 0 Å². The maximum absolute atomic E-state index is 11.5. The summed E-state index contributed by atoms with van der Waals surface area (Å²) < 4.78 is 0. The Bertz CT molecular complexity index is 231. The third-order valence-corrected chi connectivity index (χ3v) is 4.12. The van der Waals surface area contributed by atoms with E-state index < -0.39 is 0 Å². The van der Waals surface area contributed by atoms with Crippen LogP contribution in [0.2, 0.25) is 0 Å². The molecule has 0 aromatic carbocycles. The first kappa shape index (κ1) is 20.4. The lowest BCUT2D eigenvalue weighted by Gasteiger charge is -2.12. The van der Waals surface area contributed by atoms with E-state index in [1.54, 1.807) is 7.05 Å². The molecule has 0 radical (unpaired) electrons. The number of rotatable bonds is 15. The molecule has 0 heterocycles. The Morgan fingerprint density at radius 1 is 0.762 bits per heavy atom. The molecule has 126 valence electrons. The monoisotopic (exact) mass is 299 g/mol. The predicted octanol–water partition coefficient (Wildman–Crippen LogP) is 5.49. The van der Waals surface area contributed by atoms with Gasteiger partial charge in [0.05, 0.1) is 7.11 Å². The second-order valence-corrected chi connectivity index (χ2v) is 6.07. The minimum Gasteiger partial charge on any atom is -0.275 e. The van der Waals surface area contributed by atoms with E-state index in [1.807, 2.05) is 0 Å². The number of unbranched alkanes of at least 4 members (excludes halogenated alkanes) is 12. The zero-order valence-corrected chi connectivity index (χ0v) is 14.7. The molecule has 0 aromatic rings. The fourth-order valence-electron chi connectivity index (χ4n) is 2.55. The van der Waals surface area contributed by atoms with Crippen LogP contribution in [0.15, 0.2) is 0 Å². The summed E-state index contributed by atoms with van der Waals surface area (Å²) >= 11 is 0. The van der Waals surface area contributed by atoms with Crippen molar-refractivity contribution in [1.29, 1.82) is 0 Å². The van der Waals surface area contributed by atoms with E-state index in [4.69, 9.17) is 4.84 Å². The van der Waals surface area contributed by atoms with Crippen LogP contribution in [0, 0.1) is 0 Å². The molecular weight excluding hydrogens is 262 g/mol. The quantitative estimate of drug-likeness (QED) is 0.296. The Kier molecular flexibility index (Phi) is 15.4. The van der Waals surface area contributed by atoms with Crippen molar-refractivity contribution in [3.05, 3.63) is 0 Å². The van der Waals surface area contributed by atoms with Gasteiger partial charge in [0.1, 0.15) is 0 Å². The molecule has 0 aliphatic heterocycles. The standard InChI is InChI=1S/C18H37NO2/c1-4-5-6-7-8-9-10-11-12-13-14-15-16-17-18(20)19(2)21-3/h4-17H2,1-3H3. The highest BCUT2D eigenvalue weighted by Gasteiger charge is 2.06. The number of hydrogen-bond acceptors (Lipinski definition) is 2. The van der Waals surface area contributed by atoms with Crippen LogP contribution in [0.3, 0.4) is 0 Å². The molecule has 1 amide bonds. The summed E-state index contributed by atoms with van der Waals surface area (Å²) in [6.07, 6.45) is 18.0. The number of nitrogens with zero attached hydrogens (tertiary/aromatic N) is 1. The Balaban J connectivity index is 3.11. The van der Waals surface area contributed by atoms with E-state index in [0.717, 1.165) is 6.42 Å². The maximum Gasteiger partial charge on any atom is 0.245 e. The lowest BCUT2D eigenvalue weighted by molar-refractivity contribution is -0.168. The average molecular weight is 299 g/mol. The van der Waals surface area contributed by atoms with Crippen LogP contribution < -0.4 is 0 Å². The normalized spacial score (nSPS) is 10.8. The third-order valence-electron chi connectivity index (χ3n) is 4.12. The minimum absolute atomic E-state index is 0.0839. The molecule has 0 saturated heterocycles. The second-order valence-electron chi connectivity index (χ2n) is 6.07. The van der Waals surface area contributed by atoms with Gasteiger partial charge in [0.15, 0.2) is 0 Å². The van der Waals surface area contributed by atoms with E-state index in [2.05, 4.69) is 6.92 Å². The fraction of sp³-hybridized carbons (Fsp3) is 0.944. The SMILES string of the molecule is CCCCCCCCCCCCCCCC(=O)N(C)OC. The molecule has 0 saturated carbocycles. The zero-order chi connectivity index (χ0) is 15.8. The summed E-state index contributed by atoms with van der Waals surface area (Å²) in [5, 5.41) is 1.32. The van der Waals surface area contributed by atoms with Crippen LogP contribution >= 0.6 is 0 Å². The second kappa shape index (κ2) is 15.8. The molecule has 3 heteroatoms. The van der Waals surface area contributed by atoms with Crippen molar-refractivity contribution >= 4 is 5.91 Å². The summed E-state index contributed by atoms with van der Waals surface area (Å²) in [5.74, 6) is 0.0839. The summed E-state index contributed by atoms with van der Waals surface area (Å²) in [6.45, 7) is 2.27. The largest absolute Gasteiger partial charge is 0.275 e. The third kappa shape index (κ3) is 14.1. The highest BCUT2D eigenvalue weighted by atomic mass is 16.7. The van der Waals surface area contributed by atoms with Crippen LogP contribution in [-0.4, -0.2) is 25.1 Å². The number of amides is 1. The van der Waals surface area contributed by atoms with Crippen LogP contribution in [-0.2, 0) is 9.63 Å². The molecule has 0 bridgehead atoms. The summed E-state index contributed by atoms with van der Waals surface area (Å²) in [4.78, 5) is 16.3. The van der Waals surface area contributed by atoms with Gasteiger partial charge in [0, 0.05) is 13.5 Å². The van der Waals surface area contributed by atoms with Gasteiger partial charge in [0.2, 0.25) is 5.91 Å². The number of hydroxylamine groups is 2. The molecule has 0 aliphatic rings. The maximum atomic E-state index is 11.5. The number of hydrogen-bond donors (Lipinski definition) is 0. The van der Waals surface area contributed by atoms with E-state index in [0.29, 0.717) is 6.42 Å². The molecule has 21 heavy (non-hydrogen) atoms. The highest BCUT2D eigenvalue weighted by molar-refractivity contribution is 5.74. The molecule has 0 spiro atoms. The van der Waals surface area contributed by atoms with E-state index in [9.17, 15) is 4.79 Å². The first-order valence-corrected chi connectivity index (χ1v) is 9.03. The zero-order valence-electron chi connectivity index (χ0n) is 14.7. The van der Waals surface area contributed by atoms with Gasteiger partial charge in [-0.25, -0.2) is 5.06 Å². The van der Waals surface area contributed by atoms with Crippen molar-refractivity contribution in [2.45, 2.75) is 96.8 Å². The van der Waals surface area contributed by atoms with Gasteiger partial charge >= 0.3 is 0 Å². The average Bonchev–Trinajstić information content (AvgIpc) is 2.50. The van der Waals surface area contributed by atoms with Gasteiger partial charge in [-0.1, -0.05) is 84.0 Å². The Morgan fingerprint density at radius 2 is 1.14 bits per heavy atom. The first-order chi connectivity index (χ1) is 10.2. The van der Waals surface area contributed by atoms with Crippen LogP contribution in [0.25, 0.3) is 0 Å². The molecule has 0 rings (SSSR count). The molecule has 0 aromatic heterocycles. The van der Waals surface area contributed by atoms with Crippen LogP contribution in [0.4, 0.5) is 0 Å². The van der Waals surface area contributed by atoms with Gasteiger partial charge in [-0.3, -0.25) is 9.63 Å². The Hall–Kier alpha value is -0.570. The summed E-state index contributed by atoms with van der Waals surface area (Å²) in [7, 11) is 3.20. The molecule has 0 atom stereocenters. The van der Waals surface area contributed by atoms with E-state index >= 15 is 0 Å². The Morgan fingerprint density at radius 3 is 1.52 bits per heavy atom. The highest BCUT2D eigenvalue weighted by Crippen LogP contribution is 2.13. The van der Waals surface area contributed by atoms with E-state index in [1.165, 1.54) is 89.2 Å². The Labute approximate surface area is 132 Å². The predicted molar refractivity (Wildman–Crippen MR) is 90.1 cm³/mol. The van der Waals surface area contributed by atoms with Crippen LogP contribution in [0.5, 0.6) is 0 Å². The van der Waals surface area contributed by atoms with Crippen molar-refractivity contribution < 1.29 is 9.63 Å². The fourth-order valence-corrected chi connectivity index (χ4v) is 2.55. The molecule has 0 unspecified atom stereocenters. The smallest absolute Gasteiger partial charge is 0.245 e. The van der Waals surface area contributed by atoms with Crippen molar-refractivity contribution in [2.75, 3.05) is 14.2 Å². The number of carbonyl (C=O) groups is 1. The molecule has 0 fully saturated rings. The molecular formula is C18H37NO2. The van der Waals surface area contributed by atoms with Gasteiger partial charge < -0.3 is 0 Å². The van der Waals surface area contributed by atoms with Crippen LogP contribution in [0.1, 0.15) is 96.8 Å². The molecule has 3 nitrogen and oxygen atoms in total. The van der Waals surface area contributed by atoms with Crippen molar-refractivity contribution in [3.8, 4) is 0 Å². The summed E-state index contributed by atoms with van der Waals surface area (Å²) in [5.41, 5.74) is 0. The summed E-state index contributed by atoms with van der Waals surface area (Å²) in [6, 6.07) is 0. The van der Waals surface area contributed by atoms with Gasteiger partial charge in [-0.05, 0) is 6.42 Å². The first-order valence-electron chi connectivity index (χ1n) is 9.03. The van der Waals surface area contributed by atoms with E-state index in [-0.39, 0.29) is 5.91 Å². The molecule has 0 aliphatic carbocycles. The minimum atomic E-state index is 0.0839. The lowest BCUT2D eigenvalue weighted by atomic mass is 10.0. The topological polar surface area (TPSA) is 29.5 Å². The number of carbonyl (C=O) groups excluding carboxylic acids is 1. The van der Waals surface area contributed by atoms with Gasteiger partial charge in [0.25, 0.3) is 0 Å². The lowest BCUT2D eigenvalue weighted by Crippen LogP contribution is -2.24.